The van der Waals surface area contributed by atoms with Crippen molar-refractivity contribution >= 4 is 23.6 Å². The zero-order chi connectivity index (χ0) is 16.1. The molecule has 0 N–H and O–H groups in total. The lowest BCUT2D eigenvalue weighted by Gasteiger charge is -2.22. The van der Waals surface area contributed by atoms with Gasteiger partial charge in [-0.15, -0.1) is 0 Å². The highest BCUT2D eigenvalue weighted by molar-refractivity contribution is 6.10. The van der Waals surface area contributed by atoms with Crippen LogP contribution >= 0.6 is 0 Å². The zero-order valence-electron chi connectivity index (χ0n) is 12.3. The van der Waals surface area contributed by atoms with Crippen molar-refractivity contribution in [3.8, 4) is 0 Å². The number of nitrogens with zero attached hydrogens (tertiary/aromatic N) is 2. The Kier molecular flexibility index (Phi) is 4.25. The Balaban J connectivity index is 2.07. The quantitative estimate of drug-likeness (QED) is 0.687. The summed E-state index contributed by atoms with van der Waals surface area (Å²) >= 11 is 0. The van der Waals surface area contributed by atoms with Crippen molar-refractivity contribution in [2.24, 2.45) is 0 Å². The second-order valence-electron chi connectivity index (χ2n) is 4.90. The lowest BCUT2D eigenvalue weighted by Crippen LogP contribution is -2.26. The molecular formula is C19H14N2O2. The molecule has 2 aromatic carbocycles. The lowest BCUT2D eigenvalue weighted by atomic mass is 10.1. The summed E-state index contributed by atoms with van der Waals surface area (Å²) in [6.07, 6.45) is 2.20. The highest BCUT2D eigenvalue weighted by Crippen LogP contribution is 2.26. The van der Waals surface area contributed by atoms with E-state index in [2.05, 4.69) is 4.98 Å². The molecule has 0 aliphatic heterocycles. The molecule has 4 heteroatoms. The van der Waals surface area contributed by atoms with Gasteiger partial charge in [0.1, 0.15) is 5.69 Å². The van der Waals surface area contributed by atoms with Gasteiger partial charge in [-0.3, -0.25) is 19.5 Å². The first-order valence-electron chi connectivity index (χ1n) is 7.15. The van der Waals surface area contributed by atoms with Crippen LogP contribution in [0.2, 0.25) is 0 Å². The first-order chi connectivity index (χ1) is 11.3. The molecule has 0 aliphatic rings. The van der Waals surface area contributed by atoms with E-state index in [1.807, 2.05) is 48.5 Å². The molecule has 0 saturated heterocycles. The third kappa shape index (κ3) is 3.16. The molecule has 0 radical (unpaired) electrons. The molecule has 0 spiro atoms. The first-order valence-corrected chi connectivity index (χ1v) is 7.15. The van der Waals surface area contributed by atoms with Crippen LogP contribution in [-0.2, 0) is 0 Å². The fraction of sp³-hybridized carbons (Fsp3) is 0. The Bertz CT molecular complexity index is 800. The molecule has 0 unspecified atom stereocenters. The Morgan fingerprint density at radius 2 is 1.48 bits per heavy atom. The summed E-state index contributed by atoms with van der Waals surface area (Å²) in [7, 11) is 0. The number of benzene rings is 2. The molecule has 3 aromatic rings. The van der Waals surface area contributed by atoms with Gasteiger partial charge < -0.3 is 0 Å². The van der Waals surface area contributed by atoms with Gasteiger partial charge >= 0.3 is 0 Å². The van der Waals surface area contributed by atoms with Gasteiger partial charge in [-0.2, -0.15) is 0 Å². The minimum absolute atomic E-state index is 0.155. The van der Waals surface area contributed by atoms with Crippen LogP contribution in [0.25, 0.3) is 0 Å². The topological polar surface area (TPSA) is 50.3 Å². The van der Waals surface area contributed by atoms with E-state index in [9.17, 15) is 9.59 Å². The van der Waals surface area contributed by atoms with E-state index >= 15 is 0 Å². The molecule has 112 valence electrons. The number of aldehydes is 1. The number of carbonyl (C=O) groups excluding carboxylic acids is 2. The average Bonchev–Trinajstić information content (AvgIpc) is 2.64. The third-order valence-corrected chi connectivity index (χ3v) is 3.39. The van der Waals surface area contributed by atoms with Crippen LogP contribution in [0.5, 0.6) is 0 Å². The Morgan fingerprint density at radius 3 is 2.04 bits per heavy atom. The molecule has 0 fully saturated rings. The first kappa shape index (κ1) is 14.7. The van der Waals surface area contributed by atoms with Crippen molar-refractivity contribution in [3.05, 3.63) is 90.3 Å². The number of anilines is 2. The number of hydrogen-bond acceptors (Lipinski definition) is 3. The number of rotatable bonds is 4. The number of hydrogen-bond donors (Lipinski definition) is 0. The van der Waals surface area contributed by atoms with Gasteiger partial charge in [0.25, 0.3) is 5.91 Å². The number of amides is 1. The van der Waals surface area contributed by atoms with E-state index in [-0.39, 0.29) is 5.91 Å². The maximum atomic E-state index is 12.9. The molecular weight excluding hydrogens is 288 g/mol. The molecule has 1 amide bonds. The largest absolute Gasteiger partial charge is 0.296 e. The van der Waals surface area contributed by atoms with Crippen LogP contribution in [0.1, 0.15) is 20.8 Å². The van der Waals surface area contributed by atoms with Gasteiger partial charge in [0.15, 0.2) is 6.29 Å². The monoisotopic (exact) mass is 302 g/mol. The summed E-state index contributed by atoms with van der Waals surface area (Å²) in [4.78, 5) is 29.3. The van der Waals surface area contributed by atoms with E-state index in [0.717, 1.165) is 5.69 Å². The molecule has 0 aliphatic carbocycles. The second-order valence-corrected chi connectivity index (χ2v) is 4.90. The SMILES string of the molecule is O=Cc1ccc(N(C(=O)c2ccccc2)c2ccccc2)cn1. The minimum atomic E-state index is -0.155. The molecule has 1 aromatic heterocycles. The highest BCUT2D eigenvalue weighted by atomic mass is 16.2. The van der Waals surface area contributed by atoms with Crippen LogP contribution in [-0.4, -0.2) is 17.2 Å². The Morgan fingerprint density at radius 1 is 0.826 bits per heavy atom. The van der Waals surface area contributed by atoms with Crippen LogP contribution in [0, 0.1) is 0 Å². The second kappa shape index (κ2) is 6.66. The maximum absolute atomic E-state index is 12.9. The molecule has 1 heterocycles. The fourth-order valence-electron chi connectivity index (χ4n) is 2.27. The van der Waals surface area contributed by atoms with E-state index in [4.69, 9.17) is 0 Å². The predicted octanol–water partition coefficient (Wildman–Crippen LogP) is 3.87. The standard InChI is InChI=1S/C19H14N2O2/c22-14-16-11-12-18(13-20-16)21(17-9-5-2-6-10-17)19(23)15-7-3-1-4-8-15/h1-14H. The number of aromatic nitrogens is 1. The number of pyridine rings is 1. The van der Waals surface area contributed by atoms with Gasteiger partial charge in [0.05, 0.1) is 11.9 Å². The summed E-state index contributed by atoms with van der Waals surface area (Å²) in [5.41, 5.74) is 2.25. The van der Waals surface area contributed by atoms with E-state index < -0.39 is 0 Å². The number of carbonyl (C=O) groups is 2. The summed E-state index contributed by atoms with van der Waals surface area (Å²) in [5, 5.41) is 0. The van der Waals surface area contributed by atoms with Crippen molar-refractivity contribution < 1.29 is 9.59 Å². The maximum Gasteiger partial charge on any atom is 0.262 e. The van der Waals surface area contributed by atoms with Crippen LogP contribution in [0.15, 0.2) is 79.0 Å². The van der Waals surface area contributed by atoms with E-state index in [1.54, 1.807) is 29.2 Å². The average molecular weight is 302 g/mol. The van der Waals surface area contributed by atoms with Gasteiger partial charge in [-0.05, 0) is 36.4 Å². The predicted molar refractivity (Wildman–Crippen MR) is 89.0 cm³/mol. The van der Waals surface area contributed by atoms with Crippen molar-refractivity contribution in [1.82, 2.24) is 4.98 Å². The van der Waals surface area contributed by atoms with Crippen molar-refractivity contribution in [2.45, 2.75) is 0 Å². The lowest BCUT2D eigenvalue weighted by molar-refractivity contribution is 0.0999. The summed E-state index contributed by atoms with van der Waals surface area (Å²) in [5.74, 6) is -0.155. The van der Waals surface area contributed by atoms with Crippen LogP contribution < -0.4 is 4.90 Å². The van der Waals surface area contributed by atoms with Crippen molar-refractivity contribution in [3.63, 3.8) is 0 Å². The molecule has 23 heavy (non-hydrogen) atoms. The summed E-state index contributed by atoms with van der Waals surface area (Å²) in [6, 6.07) is 21.7. The molecule has 0 bridgehead atoms. The summed E-state index contributed by atoms with van der Waals surface area (Å²) in [6.45, 7) is 0. The Labute approximate surface area is 134 Å². The fourth-order valence-corrected chi connectivity index (χ4v) is 2.27. The van der Waals surface area contributed by atoms with Gasteiger partial charge in [-0.25, -0.2) is 0 Å². The number of para-hydroxylation sites is 1. The van der Waals surface area contributed by atoms with Gasteiger partial charge in [-0.1, -0.05) is 36.4 Å². The van der Waals surface area contributed by atoms with Gasteiger partial charge in [0, 0.05) is 11.3 Å². The van der Waals surface area contributed by atoms with E-state index in [0.29, 0.717) is 23.2 Å². The smallest absolute Gasteiger partial charge is 0.262 e. The highest BCUT2D eigenvalue weighted by Gasteiger charge is 2.19. The summed E-state index contributed by atoms with van der Waals surface area (Å²) < 4.78 is 0. The van der Waals surface area contributed by atoms with Crippen molar-refractivity contribution in [1.29, 1.82) is 0 Å². The minimum Gasteiger partial charge on any atom is -0.296 e. The third-order valence-electron chi connectivity index (χ3n) is 3.39. The zero-order valence-corrected chi connectivity index (χ0v) is 12.3. The van der Waals surface area contributed by atoms with E-state index in [1.165, 1.54) is 6.20 Å². The van der Waals surface area contributed by atoms with Crippen LogP contribution in [0.3, 0.4) is 0 Å². The molecule has 3 rings (SSSR count). The molecule has 0 saturated carbocycles. The molecule has 4 nitrogen and oxygen atoms in total. The normalized spacial score (nSPS) is 10.1. The Hall–Kier alpha value is -3.27. The molecule has 0 atom stereocenters. The van der Waals surface area contributed by atoms with Gasteiger partial charge in [0.2, 0.25) is 0 Å². The van der Waals surface area contributed by atoms with Crippen molar-refractivity contribution in [2.75, 3.05) is 4.90 Å². The van der Waals surface area contributed by atoms with Crippen LogP contribution in [0.4, 0.5) is 11.4 Å².